The Morgan fingerprint density at radius 2 is 2.05 bits per heavy atom. The molecule has 102 valence electrons. The van der Waals surface area contributed by atoms with Crippen LogP contribution >= 0.6 is 0 Å². The van der Waals surface area contributed by atoms with Crippen LogP contribution in [-0.4, -0.2) is 26.0 Å². The molecule has 2 rings (SSSR count). The maximum absolute atomic E-state index is 12.3. The van der Waals surface area contributed by atoms with E-state index in [1.807, 2.05) is 6.92 Å². The number of fused-ring (bicyclic) bond motifs is 1. The quantitative estimate of drug-likeness (QED) is 0.777. The molecule has 1 aromatic carbocycles. The molecule has 5 nitrogen and oxygen atoms in total. The van der Waals surface area contributed by atoms with Crippen LogP contribution in [-0.2, 0) is 16.3 Å². The summed E-state index contributed by atoms with van der Waals surface area (Å²) >= 11 is 0. The first-order chi connectivity index (χ1) is 8.74. The summed E-state index contributed by atoms with van der Waals surface area (Å²) in [5.74, 6) is -0.234. The van der Waals surface area contributed by atoms with Crippen molar-refractivity contribution in [2.75, 3.05) is 0 Å². The van der Waals surface area contributed by atoms with Crippen molar-refractivity contribution in [1.29, 1.82) is 0 Å². The van der Waals surface area contributed by atoms with Gasteiger partial charge in [-0.3, -0.25) is 4.79 Å². The van der Waals surface area contributed by atoms with Crippen LogP contribution in [0.2, 0.25) is 0 Å². The standard InChI is InChI=1S/C13H15NO4S/c1-5-8-6-10-11(7-9(8)12(15)14-4)19(16,17)13(2,3)18-10/h6-7H,4-5H2,1-3H3. The third kappa shape index (κ3) is 1.87. The minimum absolute atomic E-state index is 0.0432. The van der Waals surface area contributed by atoms with Gasteiger partial charge < -0.3 is 4.74 Å². The first-order valence-corrected chi connectivity index (χ1v) is 7.34. The van der Waals surface area contributed by atoms with Crippen LogP contribution in [0.5, 0.6) is 5.75 Å². The molecule has 0 radical (unpaired) electrons. The smallest absolute Gasteiger partial charge is 0.276 e. The van der Waals surface area contributed by atoms with Crippen LogP contribution in [0.25, 0.3) is 0 Å². The van der Waals surface area contributed by atoms with Crippen molar-refractivity contribution < 1.29 is 17.9 Å². The van der Waals surface area contributed by atoms with E-state index in [1.54, 1.807) is 6.07 Å². The first kappa shape index (κ1) is 13.7. The molecule has 1 aromatic rings. The zero-order chi connectivity index (χ0) is 14.4. The topological polar surface area (TPSA) is 72.8 Å². The minimum Gasteiger partial charge on any atom is -0.470 e. The number of aryl methyl sites for hydroxylation is 1. The molecule has 0 atom stereocenters. The molecule has 0 aliphatic carbocycles. The third-order valence-corrected chi connectivity index (χ3v) is 5.49. The average molecular weight is 281 g/mol. The van der Waals surface area contributed by atoms with Crippen LogP contribution in [0.1, 0.15) is 36.7 Å². The number of ether oxygens (including phenoxy) is 1. The summed E-state index contributed by atoms with van der Waals surface area (Å²) in [6.07, 6.45) is 0.577. The number of sulfone groups is 1. The summed E-state index contributed by atoms with van der Waals surface area (Å²) in [5, 5.41) is 0. The highest BCUT2D eigenvalue weighted by molar-refractivity contribution is 7.93. The van der Waals surface area contributed by atoms with Gasteiger partial charge in [0, 0.05) is 5.56 Å². The van der Waals surface area contributed by atoms with Crippen molar-refractivity contribution in [3.8, 4) is 5.75 Å². The Hall–Kier alpha value is -1.69. The average Bonchev–Trinajstić information content (AvgIpc) is 2.53. The number of amides is 1. The molecule has 0 N–H and O–H groups in total. The Morgan fingerprint density at radius 3 is 2.58 bits per heavy atom. The Balaban J connectivity index is 2.74. The predicted molar refractivity (Wildman–Crippen MR) is 71.6 cm³/mol. The lowest BCUT2D eigenvalue weighted by Crippen LogP contribution is -2.32. The zero-order valence-electron chi connectivity index (χ0n) is 11.1. The van der Waals surface area contributed by atoms with E-state index in [-0.39, 0.29) is 10.5 Å². The summed E-state index contributed by atoms with van der Waals surface area (Å²) in [7, 11) is -3.61. The fraction of sp³-hybridized carbons (Fsp3) is 0.385. The number of carbonyl (C=O) groups excluding carboxylic acids is 1. The lowest BCUT2D eigenvalue weighted by molar-refractivity contribution is 0.100. The number of aliphatic imine (C=N–C) groups is 1. The molecular weight excluding hydrogens is 266 g/mol. The molecule has 1 heterocycles. The molecule has 1 aliphatic rings. The van der Waals surface area contributed by atoms with Crippen molar-refractivity contribution >= 4 is 22.5 Å². The van der Waals surface area contributed by atoms with Crippen LogP contribution in [0, 0.1) is 0 Å². The summed E-state index contributed by atoms with van der Waals surface area (Å²) in [6.45, 7) is 8.04. The largest absolute Gasteiger partial charge is 0.470 e. The van der Waals surface area contributed by atoms with Crippen LogP contribution in [0.4, 0.5) is 0 Å². The van der Waals surface area contributed by atoms with Crippen molar-refractivity contribution in [1.82, 2.24) is 0 Å². The molecule has 0 saturated heterocycles. The number of hydrogen-bond donors (Lipinski definition) is 0. The van der Waals surface area contributed by atoms with Gasteiger partial charge in [-0.1, -0.05) is 6.92 Å². The monoisotopic (exact) mass is 281 g/mol. The lowest BCUT2D eigenvalue weighted by Gasteiger charge is -2.15. The second-order valence-corrected chi connectivity index (χ2v) is 7.21. The van der Waals surface area contributed by atoms with E-state index in [0.717, 1.165) is 0 Å². The maximum Gasteiger partial charge on any atom is 0.276 e. The van der Waals surface area contributed by atoms with E-state index in [1.165, 1.54) is 19.9 Å². The second-order valence-electron chi connectivity index (χ2n) is 4.78. The number of hydrogen-bond acceptors (Lipinski definition) is 4. The Bertz CT molecular complexity index is 674. The van der Waals surface area contributed by atoms with Gasteiger partial charge >= 0.3 is 0 Å². The van der Waals surface area contributed by atoms with Crippen molar-refractivity contribution in [2.45, 2.75) is 37.0 Å². The fourth-order valence-corrected chi connectivity index (χ4v) is 3.42. The molecular formula is C13H15NO4S. The van der Waals surface area contributed by atoms with Crippen LogP contribution < -0.4 is 4.74 Å². The molecule has 1 aliphatic heterocycles. The van der Waals surface area contributed by atoms with Gasteiger partial charge in [0.05, 0.1) is 0 Å². The minimum atomic E-state index is -3.61. The van der Waals surface area contributed by atoms with Gasteiger partial charge in [-0.05, 0) is 44.7 Å². The second kappa shape index (κ2) is 4.16. The Labute approximate surface area is 112 Å². The van der Waals surface area contributed by atoms with E-state index in [2.05, 4.69) is 11.7 Å². The number of carbonyl (C=O) groups is 1. The first-order valence-electron chi connectivity index (χ1n) is 5.86. The SMILES string of the molecule is C=NC(=O)c1cc2c(cc1CC)OC(C)(C)S2(=O)=O. The molecule has 0 aromatic heterocycles. The maximum atomic E-state index is 12.3. The van der Waals surface area contributed by atoms with E-state index in [4.69, 9.17) is 4.74 Å². The number of rotatable bonds is 2. The highest BCUT2D eigenvalue weighted by Crippen LogP contribution is 2.43. The predicted octanol–water partition coefficient (Wildman–Crippen LogP) is 1.99. The van der Waals surface area contributed by atoms with Gasteiger partial charge in [0.2, 0.25) is 14.8 Å². The van der Waals surface area contributed by atoms with Gasteiger partial charge in [0.15, 0.2) is 0 Å². The Kier molecular flexibility index (Phi) is 3.01. The van der Waals surface area contributed by atoms with Gasteiger partial charge in [-0.15, -0.1) is 0 Å². The zero-order valence-corrected chi connectivity index (χ0v) is 11.9. The third-order valence-electron chi connectivity index (χ3n) is 3.22. The molecule has 0 saturated carbocycles. The summed E-state index contributed by atoms with van der Waals surface area (Å²) < 4.78 is 30.0. The molecule has 0 fully saturated rings. The Morgan fingerprint density at radius 1 is 1.42 bits per heavy atom. The van der Waals surface area contributed by atoms with E-state index >= 15 is 0 Å². The fourth-order valence-electron chi connectivity index (χ4n) is 2.05. The summed E-state index contributed by atoms with van der Waals surface area (Å²) in [6, 6.07) is 2.94. The molecule has 6 heteroatoms. The van der Waals surface area contributed by atoms with Gasteiger partial charge in [-0.25, -0.2) is 13.4 Å². The lowest BCUT2D eigenvalue weighted by atomic mass is 10.0. The van der Waals surface area contributed by atoms with Crippen molar-refractivity contribution in [3.05, 3.63) is 23.3 Å². The van der Waals surface area contributed by atoms with Gasteiger partial charge in [-0.2, -0.15) is 0 Å². The highest BCUT2D eigenvalue weighted by atomic mass is 32.2. The van der Waals surface area contributed by atoms with E-state index in [0.29, 0.717) is 17.7 Å². The van der Waals surface area contributed by atoms with Crippen LogP contribution in [0.15, 0.2) is 22.0 Å². The summed E-state index contributed by atoms with van der Waals surface area (Å²) in [5.41, 5.74) is 0.963. The van der Waals surface area contributed by atoms with E-state index in [9.17, 15) is 13.2 Å². The van der Waals surface area contributed by atoms with Crippen molar-refractivity contribution in [3.63, 3.8) is 0 Å². The molecule has 1 amide bonds. The van der Waals surface area contributed by atoms with Gasteiger partial charge in [0.25, 0.3) is 5.91 Å². The summed E-state index contributed by atoms with van der Waals surface area (Å²) in [4.78, 5) is 13.8. The highest BCUT2D eigenvalue weighted by Gasteiger charge is 2.46. The molecule has 0 spiro atoms. The molecule has 0 unspecified atom stereocenters. The number of nitrogens with zero attached hydrogens (tertiary/aromatic N) is 1. The van der Waals surface area contributed by atoms with E-state index < -0.39 is 20.7 Å². The normalized spacial score (nSPS) is 18.5. The van der Waals surface area contributed by atoms with Gasteiger partial charge in [0.1, 0.15) is 10.6 Å². The number of benzene rings is 1. The molecule has 0 bridgehead atoms. The van der Waals surface area contributed by atoms with Crippen LogP contribution in [0.3, 0.4) is 0 Å². The van der Waals surface area contributed by atoms with Crippen molar-refractivity contribution in [2.24, 2.45) is 4.99 Å². The molecule has 19 heavy (non-hydrogen) atoms.